The van der Waals surface area contributed by atoms with Crippen LogP contribution in [0.3, 0.4) is 0 Å². The molecule has 2 aromatic carbocycles. The third-order valence-electron chi connectivity index (χ3n) is 3.43. The molecule has 0 saturated heterocycles. The van der Waals surface area contributed by atoms with Crippen LogP contribution >= 0.6 is 0 Å². The minimum absolute atomic E-state index is 0.108. The van der Waals surface area contributed by atoms with E-state index in [9.17, 15) is 13.4 Å². The fraction of sp³-hybridized carbons (Fsp3) is 0.235. The smallest absolute Gasteiger partial charge is 0.164 e. The molecule has 5 heteroatoms. The van der Waals surface area contributed by atoms with E-state index in [2.05, 4.69) is 0 Å². The monoisotopic (exact) mass is 319 g/mol. The first-order chi connectivity index (χ1) is 10.4. The molecule has 116 valence electrons. The summed E-state index contributed by atoms with van der Waals surface area (Å²) >= 11 is 0. The van der Waals surface area contributed by atoms with E-state index in [1.54, 1.807) is 18.4 Å². The molecule has 0 amide bonds. The number of benzene rings is 2. The molecular formula is C17H18FNO2S. The summed E-state index contributed by atoms with van der Waals surface area (Å²) in [5.74, 6) is -0.801. The van der Waals surface area contributed by atoms with Gasteiger partial charge in [-0.25, -0.2) is 4.39 Å². The van der Waals surface area contributed by atoms with Crippen molar-refractivity contribution in [1.29, 1.82) is 0 Å². The summed E-state index contributed by atoms with van der Waals surface area (Å²) in [6, 6.07) is 12.0. The standard InChI is InChI=1S/C17H18FNO2S/c1-12(20)17-15(18)5-4-6-16(17)19(2)11-13-7-9-14(10-8-13)22(3)21/h4-10H,11H2,1-3H3/t22-/m1/s1. The van der Waals surface area contributed by atoms with Crippen molar-refractivity contribution in [2.24, 2.45) is 0 Å². The van der Waals surface area contributed by atoms with Gasteiger partial charge in [-0.05, 0) is 36.8 Å². The summed E-state index contributed by atoms with van der Waals surface area (Å²) in [6.45, 7) is 1.89. The van der Waals surface area contributed by atoms with Gasteiger partial charge >= 0.3 is 0 Å². The van der Waals surface area contributed by atoms with E-state index in [0.717, 1.165) is 10.5 Å². The van der Waals surface area contributed by atoms with Gasteiger partial charge in [-0.3, -0.25) is 9.00 Å². The molecule has 0 fully saturated rings. The van der Waals surface area contributed by atoms with E-state index in [-0.39, 0.29) is 11.3 Å². The van der Waals surface area contributed by atoms with Crippen molar-refractivity contribution < 1.29 is 13.4 Å². The summed E-state index contributed by atoms with van der Waals surface area (Å²) < 4.78 is 25.2. The average Bonchev–Trinajstić information content (AvgIpc) is 2.47. The first-order valence-corrected chi connectivity index (χ1v) is 8.39. The van der Waals surface area contributed by atoms with Gasteiger partial charge in [-0.1, -0.05) is 18.2 Å². The number of nitrogens with zero attached hydrogens (tertiary/aromatic N) is 1. The lowest BCUT2D eigenvalue weighted by Crippen LogP contribution is -2.19. The van der Waals surface area contributed by atoms with Crippen LogP contribution in [0.25, 0.3) is 0 Å². The third kappa shape index (κ3) is 3.60. The lowest BCUT2D eigenvalue weighted by molar-refractivity contribution is 0.101. The second-order valence-electron chi connectivity index (χ2n) is 5.14. The van der Waals surface area contributed by atoms with E-state index >= 15 is 0 Å². The van der Waals surface area contributed by atoms with Crippen LogP contribution in [-0.4, -0.2) is 23.3 Å². The molecule has 0 unspecified atom stereocenters. The van der Waals surface area contributed by atoms with Crippen LogP contribution in [0.4, 0.5) is 10.1 Å². The summed E-state index contributed by atoms with van der Waals surface area (Å²) in [5.41, 5.74) is 1.67. The lowest BCUT2D eigenvalue weighted by Gasteiger charge is -2.22. The Balaban J connectivity index is 2.26. The fourth-order valence-corrected chi connectivity index (χ4v) is 2.84. The quantitative estimate of drug-likeness (QED) is 0.793. The molecule has 2 aromatic rings. The van der Waals surface area contributed by atoms with Crippen LogP contribution in [0.15, 0.2) is 47.4 Å². The van der Waals surface area contributed by atoms with Gasteiger partial charge in [0.1, 0.15) is 5.82 Å². The van der Waals surface area contributed by atoms with Gasteiger partial charge in [0.2, 0.25) is 0 Å². The fourth-order valence-electron chi connectivity index (χ4n) is 2.32. The Bertz CT molecular complexity index is 713. The predicted octanol–water partition coefficient (Wildman–Crippen LogP) is 3.40. The molecule has 1 atom stereocenters. The molecule has 0 radical (unpaired) electrons. The number of halogens is 1. The molecule has 22 heavy (non-hydrogen) atoms. The van der Waals surface area contributed by atoms with Crippen LogP contribution in [0.5, 0.6) is 0 Å². The lowest BCUT2D eigenvalue weighted by atomic mass is 10.1. The van der Waals surface area contributed by atoms with Crippen LogP contribution in [0, 0.1) is 5.82 Å². The number of Topliss-reactive ketones (excluding diaryl/α,β-unsaturated/α-hetero) is 1. The maximum Gasteiger partial charge on any atom is 0.164 e. The van der Waals surface area contributed by atoms with Crippen LogP contribution < -0.4 is 4.90 Å². The Hall–Kier alpha value is -2.01. The molecule has 0 aliphatic carbocycles. The Morgan fingerprint density at radius 3 is 2.36 bits per heavy atom. The zero-order valence-electron chi connectivity index (χ0n) is 12.8. The van der Waals surface area contributed by atoms with E-state index in [1.165, 1.54) is 13.0 Å². The van der Waals surface area contributed by atoms with Crippen molar-refractivity contribution >= 4 is 22.3 Å². The molecule has 0 saturated carbocycles. The second-order valence-corrected chi connectivity index (χ2v) is 6.52. The van der Waals surface area contributed by atoms with Crippen molar-refractivity contribution in [1.82, 2.24) is 0 Å². The number of anilines is 1. The molecule has 0 aromatic heterocycles. The molecule has 0 N–H and O–H groups in total. The molecule has 0 aliphatic heterocycles. The number of carbonyl (C=O) groups is 1. The minimum atomic E-state index is -1.01. The maximum absolute atomic E-state index is 13.9. The maximum atomic E-state index is 13.9. The highest BCUT2D eigenvalue weighted by Crippen LogP contribution is 2.24. The molecular weight excluding hydrogens is 301 g/mol. The highest BCUT2D eigenvalue weighted by Gasteiger charge is 2.16. The topological polar surface area (TPSA) is 37.4 Å². The van der Waals surface area contributed by atoms with E-state index in [0.29, 0.717) is 12.2 Å². The highest BCUT2D eigenvalue weighted by atomic mass is 32.2. The highest BCUT2D eigenvalue weighted by molar-refractivity contribution is 7.84. The van der Waals surface area contributed by atoms with Gasteiger partial charge in [-0.15, -0.1) is 0 Å². The number of hydrogen-bond donors (Lipinski definition) is 0. The summed E-state index contributed by atoms with van der Waals surface area (Å²) in [6.07, 6.45) is 1.63. The SMILES string of the molecule is CC(=O)c1c(F)cccc1N(C)Cc1ccc([S@@](C)=O)cc1. The normalized spacial score (nSPS) is 12.0. The minimum Gasteiger partial charge on any atom is -0.370 e. The van der Waals surface area contributed by atoms with Crippen LogP contribution in [0.1, 0.15) is 22.8 Å². The Morgan fingerprint density at radius 1 is 1.18 bits per heavy atom. The average molecular weight is 319 g/mol. The zero-order chi connectivity index (χ0) is 16.3. The molecule has 0 bridgehead atoms. The molecule has 3 nitrogen and oxygen atoms in total. The number of rotatable bonds is 5. The van der Waals surface area contributed by atoms with Gasteiger partial charge in [0.05, 0.1) is 11.3 Å². The number of hydrogen-bond acceptors (Lipinski definition) is 3. The summed E-state index contributed by atoms with van der Waals surface area (Å²) in [5, 5.41) is 0. The van der Waals surface area contributed by atoms with Gasteiger partial charge < -0.3 is 4.90 Å². The molecule has 0 aliphatic rings. The van der Waals surface area contributed by atoms with Crippen molar-refractivity contribution in [2.75, 3.05) is 18.2 Å². The van der Waals surface area contributed by atoms with Gasteiger partial charge in [0.15, 0.2) is 5.78 Å². The number of carbonyl (C=O) groups excluding carboxylic acids is 1. The molecule has 0 heterocycles. The van der Waals surface area contributed by atoms with Gasteiger partial charge in [0, 0.05) is 35.5 Å². The first kappa shape index (κ1) is 16.4. The molecule has 0 spiro atoms. The summed E-state index contributed by atoms with van der Waals surface area (Å²) in [7, 11) is 0.806. The van der Waals surface area contributed by atoms with Gasteiger partial charge in [0.25, 0.3) is 0 Å². The molecule has 2 rings (SSSR count). The van der Waals surface area contributed by atoms with Crippen molar-refractivity contribution in [3.05, 3.63) is 59.4 Å². The third-order valence-corrected chi connectivity index (χ3v) is 4.37. The van der Waals surface area contributed by atoms with E-state index < -0.39 is 16.6 Å². The second kappa shape index (κ2) is 6.83. The van der Waals surface area contributed by atoms with E-state index in [4.69, 9.17) is 0 Å². The zero-order valence-corrected chi connectivity index (χ0v) is 13.6. The first-order valence-electron chi connectivity index (χ1n) is 6.83. The Labute approximate surface area is 132 Å². The number of ketones is 1. The van der Waals surface area contributed by atoms with Gasteiger partial charge in [-0.2, -0.15) is 0 Å². The van der Waals surface area contributed by atoms with E-state index in [1.807, 2.05) is 36.2 Å². The largest absolute Gasteiger partial charge is 0.370 e. The van der Waals surface area contributed by atoms with Crippen LogP contribution in [-0.2, 0) is 17.3 Å². The van der Waals surface area contributed by atoms with Crippen LogP contribution in [0.2, 0.25) is 0 Å². The predicted molar refractivity (Wildman–Crippen MR) is 87.3 cm³/mol. The van der Waals surface area contributed by atoms with Crippen molar-refractivity contribution in [2.45, 2.75) is 18.4 Å². The Morgan fingerprint density at radius 2 is 1.82 bits per heavy atom. The van der Waals surface area contributed by atoms with Crippen molar-refractivity contribution in [3.8, 4) is 0 Å². The Kier molecular flexibility index (Phi) is 5.08. The summed E-state index contributed by atoms with van der Waals surface area (Å²) in [4.78, 5) is 14.3. The van der Waals surface area contributed by atoms with Crippen molar-refractivity contribution in [3.63, 3.8) is 0 Å².